The molecule has 0 aromatic heterocycles. The Labute approximate surface area is 154 Å². The molecule has 2 aromatic carbocycles. The smallest absolute Gasteiger partial charge is 0.0605 e. The molecular formula is C17H21NO2S4. The van der Waals surface area contributed by atoms with Gasteiger partial charge in [0.2, 0.25) is 0 Å². The van der Waals surface area contributed by atoms with E-state index in [9.17, 15) is 8.42 Å². The van der Waals surface area contributed by atoms with E-state index in [0.717, 1.165) is 0 Å². The Morgan fingerprint density at radius 2 is 1.12 bits per heavy atom. The molecule has 0 radical (unpaired) electrons. The van der Waals surface area contributed by atoms with Crippen LogP contribution in [0, 0.1) is 0 Å². The second-order valence-electron chi connectivity index (χ2n) is 5.81. The second kappa shape index (κ2) is 8.01. The molecule has 0 fully saturated rings. The van der Waals surface area contributed by atoms with Gasteiger partial charge in [-0.25, -0.2) is 0 Å². The van der Waals surface area contributed by atoms with E-state index in [0.29, 0.717) is 9.79 Å². The van der Waals surface area contributed by atoms with Gasteiger partial charge in [-0.2, -0.15) is 0 Å². The van der Waals surface area contributed by atoms with Crippen LogP contribution in [0.2, 0.25) is 0 Å². The minimum absolute atomic E-state index is 0.222. The van der Waals surface area contributed by atoms with Crippen molar-refractivity contribution in [2.75, 3.05) is 25.6 Å². The van der Waals surface area contributed by atoms with Crippen molar-refractivity contribution in [3.05, 3.63) is 60.7 Å². The van der Waals surface area contributed by atoms with Crippen molar-refractivity contribution in [3.63, 3.8) is 0 Å². The van der Waals surface area contributed by atoms with Gasteiger partial charge in [0.05, 0.1) is 17.0 Å². The van der Waals surface area contributed by atoms with Crippen LogP contribution < -0.4 is 0 Å². The van der Waals surface area contributed by atoms with E-state index in [-0.39, 0.29) is 17.5 Å². The maximum Gasteiger partial charge on any atom is 0.0605 e. The van der Waals surface area contributed by atoms with Gasteiger partial charge in [0.1, 0.15) is 0 Å². The first-order chi connectivity index (χ1) is 11.2. The van der Waals surface area contributed by atoms with Crippen molar-refractivity contribution in [1.82, 2.24) is 4.90 Å². The van der Waals surface area contributed by atoms with E-state index in [1.165, 1.54) is 0 Å². The van der Waals surface area contributed by atoms with Gasteiger partial charge in [0, 0.05) is 27.3 Å². The average Bonchev–Trinajstić information content (AvgIpc) is 2.55. The van der Waals surface area contributed by atoms with Gasteiger partial charge in [0.25, 0.3) is 0 Å². The summed E-state index contributed by atoms with van der Waals surface area (Å²) in [7, 11) is -1.54. The monoisotopic (exact) mass is 399 g/mol. The fourth-order valence-corrected chi connectivity index (χ4v) is 7.43. The van der Waals surface area contributed by atoms with Crippen molar-refractivity contribution >= 4 is 39.4 Å². The summed E-state index contributed by atoms with van der Waals surface area (Å²) in [5, 5.41) is 0. The third kappa shape index (κ3) is 5.07. The van der Waals surface area contributed by atoms with Crippen LogP contribution in [0.3, 0.4) is 0 Å². The number of rotatable bonds is 7. The minimum Gasteiger partial charge on any atom is -0.305 e. The van der Waals surface area contributed by atoms with Crippen LogP contribution in [0.15, 0.2) is 70.5 Å². The number of nitrogens with zero attached hydrogens (tertiary/aromatic N) is 1. The molecule has 0 amide bonds. The lowest BCUT2D eigenvalue weighted by Crippen LogP contribution is -2.40. The Kier molecular flexibility index (Phi) is 6.50. The summed E-state index contributed by atoms with van der Waals surface area (Å²) in [6.07, 6.45) is 0. The maximum absolute atomic E-state index is 13.0. The van der Waals surface area contributed by atoms with Crippen LogP contribution in [0.25, 0.3) is 0 Å². The topological polar surface area (TPSA) is 37.4 Å². The molecule has 0 bridgehead atoms. The predicted molar refractivity (Wildman–Crippen MR) is 108 cm³/mol. The fraction of sp³-hybridized carbons (Fsp3) is 0.294. The predicted octanol–water partition coefficient (Wildman–Crippen LogP) is 2.53. The molecule has 0 N–H and O–H groups in total. The third-order valence-corrected chi connectivity index (χ3v) is 9.36. The summed E-state index contributed by atoms with van der Waals surface area (Å²) in [5.41, 5.74) is 0. The summed E-state index contributed by atoms with van der Waals surface area (Å²) in [6, 6.07) is 17.9. The Bertz CT molecular complexity index is 790. The molecular weight excluding hydrogens is 378 g/mol. The molecule has 0 saturated heterocycles. The van der Waals surface area contributed by atoms with Crippen molar-refractivity contribution in [2.45, 2.75) is 15.8 Å². The van der Waals surface area contributed by atoms with E-state index >= 15 is 0 Å². The Morgan fingerprint density at radius 1 is 0.792 bits per heavy atom. The highest BCUT2D eigenvalue weighted by atomic mass is 32.8. The normalized spacial score (nSPS) is 17.8. The zero-order valence-electron chi connectivity index (χ0n) is 13.7. The zero-order chi connectivity index (χ0) is 17.8. The average molecular weight is 400 g/mol. The highest BCUT2D eigenvalue weighted by Crippen LogP contribution is 2.18. The second-order valence-corrected chi connectivity index (χ2v) is 13.1. The van der Waals surface area contributed by atoms with Gasteiger partial charge in [0.15, 0.2) is 0 Å². The minimum atomic E-state index is -2.64. The molecule has 0 saturated carbocycles. The van der Waals surface area contributed by atoms with E-state index in [1.54, 1.807) is 24.3 Å². The first-order valence-electron chi connectivity index (χ1n) is 7.44. The van der Waals surface area contributed by atoms with Crippen molar-refractivity contribution in [1.29, 1.82) is 0 Å². The molecule has 3 nitrogen and oxygen atoms in total. The first kappa shape index (κ1) is 19.5. The van der Waals surface area contributed by atoms with Crippen molar-refractivity contribution in [2.24, 2.45) is 0 Å². The molecule has 2 aromatic rings. The summed E-state index contributed by atoms with van der Waals surface area (Å²) in [6.45, 7) is 0. The van der Waals surface area contributed by atoms with Crippen LogP contribution in [-0.4, -0.2) is 45.0 Å². The van der Waals surface area contributed by atoms with Gasteiger partial charge in [-0.3, -0.25) is 8.42 Å². The summed E-state index contributed by atoms with van der Waals surface area (Å²) in [5.74, 6) is 0.500. The van der Waals surface area contributed by atoms with E-state index < -0.39 is 17.0 Å². The van der Waals surface area contributed by atoms with Gasteiger partial charge >= 0.3 is 0 Å². The van der Waals surface area contributed by atoms with Gasteiger partial charge in [-0.15, -0.1) is 0 Å². The van der Waals surface area contributed by atoms with Gasteiger partial charge < -0.3 is 4.90 Å². The van der Waals surface area contributed by atoms with E-state index in [1.807, 2.05) is 55.4 Å². The first-order valence-corrected chi connectivity index (χ1v) is 12.7. The fourth-order valence-electron chi connectivity index (χ4n) is 2.30. The van der Waals surface area contributed by atoms with Crippen LogP contribution in [0.1, 0.15) is 0 Å². The highest BCUT2D eigenvalue weighted by Gasteiger charge is 2.24. The molecule has 0 heterocycles. The largest absolute Gasteiger partial charge is 0.305 e. The molecule has 7 heteroatoms. The summed E-state index contributed by atoms with van der Waals surface area (Å²) in [4.78, 5) is 3.19. The lowest BCUT2D eigenvalue weighted by atomic mass is 10.4. The van der Waals surface area contributed by atoms with Crippen LogP contribution in [0.5, 0.6) is 0 Å². The lowest BCUT2D eigenvalue weighted by Gasteiger charge is -2.26. The molecule has 0 aliphatic heterocycles. The number of benzene rings is 2. The number of hydrogen-bond donors (Lipinski definition) is 0. The molecule has 2 atom stereocenters. The molecule has 0 aliphatic carbocycles. The zero-order valence-corrected chi connectivity index (χ0v) is 16.9. The Balaban J connectivity index is 2.25. The van der Waals surface area contributed by atoms with Crippen LogP contribution in [-0.2, 0) is 39.4 Å². The molecule has 2 rings (SSSR count). The third-order valence-electron chi connectivity index (χ3n) is 3.76. The summed E-state index contributed by atoms with van der Waals surface area (Å²) < 4.78 is 26.0. The van der Waals surface area contributed by atoms with E-state index in [2.05, 4.69) is 0 Å². The highest BCUT2D eigenvalue weighted by molar-refractivity contribution is 8.33. The Morgan fingerprint density at radius 3 is 1.42 bits per heavy atom. The van der Waals surface area contributed by atoms with Crippen molar-refractivity contribution < 1.29 is 8.42 Å². The molecule has 0 aliphatic rings. The SMILES string of the molecule is CN(C)C(CS(=O)(=S)c1ccccc1)CS(=O)(=S)c1ccccc1. The van der Waals surface area contributed by atoms with Crippen LogP contribution >= 0.6 is 0 Å². The standard InChI is InChI=1S/C17H21NO2S4/c1-18(2)15(13-23(19,21)16-9-5-3-6-10-16)14-24(20,22)17-11-7-4-8-12-17/h3-12,15H,13-14H2,1-2H3. The van der Waals surface area contributed by atoms with Crippen molar-refractivity contribution in [3.8, 4) is 0 Å². The summed E-state index contributed by atoms with van der Waals surface area (Å²) >= 11 is 10.8. The van der Waals surface area contributed by atoms with Gasteiger partial charge in [-0.05, 0) is 60.7 Å². The molecule has 24 heavy (non-hydrogen) atoms. The lowest BCUT2D eigenvalue weighted by molar-refractivity contribution is 0.341. The van der Waals surface area contributed by atoms with Gasteiger partial charge in [-0.1, -0.05) is 36.4 Å². The molecule has 2 unspecified atom stereocenters. The van der Waals surface area contributed by atoms with Crippen LogP contribution in [0.4, 0.5) is 0 Å². The molecule has 0 spiro atoms. The van der Waals surface area contributed by atoms with E-state index in [4.69, 9.17) is 22.4 Å². The Hall–Kier alpha value is -0.860. The molecule has 130 valence electrons. The quantitative estimate of drug-likeness (QED) is 0.715. The number of hydrogen-bond acceptors (Lipinski definition) is 5. The maximum atomic E-state index is 13.0.